The molecular formula is C16H20ClN3. The molecule has 1 fully saturated rings. The minimum atomic E-state index is 0.571. The Morgan fingerprint density at radius 2 is 2.05 bits per heavy atom. The summed E-state index contributed by atoms with van der Waals surface area (Å²) in [6, 6.07) is 8.56. The van der Waals surface area contributed by atoms with Crippen molar-refractivity contribution in [1.29, 1.82) is 0 Å². The Hall–Kier alpha value is -1.48. The van der Waals surface area contributed by atoms with E-state index in [9.17, 15) is 0 Å². The number of nitrogens with zero attached hydrogens (tertiary/aromatic N) is 2. The first-order valence-corrected chi connectivity index (χ1v) is 7.64. The van der Waals surface area contributed by atoms with Crippen LogP contribution >= 0.6 is 11.6 Å². The summed E-state index contributed by atoms with van der Waals surface area (Å²) in [4.78, 5) is 4.61. The molecule has 1 saturated carbocycles. The molecule has 0 amide bonds. The van der Waals surface area contributed by atoms with Crippen LogP contribution in [-0.2, 0) is 6.54 Å². The van der Waals surface area contributed by atoms with Gasteiger partial charge in [0.15, 0.2) is 0 Å². The lowest BCUT2D eigenvalue weighted by Crippen LogP contribution is -2.18. The number of imidazole rings is 1. The first-order chi connectivity index (χ1) is 9.72. The van der Waals surface area contributed by atoms with Gasteiger partial charge >= 0.3 is 0 Å². The number of halogens is 1. The van der Waals surface area contributed by atoms with Crippen LogP contribution in [0.25, 0.3) is 0 Å². The van der Waals surface area contributed by atoms with Crippen LogP contribution in [0.1, 0.15) is 36.9 Å². The molecule has 106 valence electrons. The van der Waals surface area contributed by atoms with E-state index in [4.69, 9.17) is 11.6 Å². The lowest BCUT2D eigenvalue weighted by Gasteiger charge is -2.15. The smallest absolute Gasteiger partial charge is 0.203 e. The Kier molecular flexibility index (Phi) is 3.97. The third-order valence-corrected chi connectivity index (χ3v) is 4.25. The standard InChI is InChI=1S/C16H20ClN3/c1-12-10-20(11-13-6-2-5-9-15(13)17)16(18-12)19-14-7-3-4-8-14/h2,5-6,9-10,14H,3-4,7-8,11H2,1H3,(H,18,19). The van der Waals surface area contributed by atoms with Gasteiger partial charge in [-0.25, -0.2) is 4.98 Å². The van der Waals surface area contributed by atoms with Crippen LogP contribution in [0.5, 0.6) is 0 Å². The van der Waals surface area contributed by atoms with Crippen molar-refractivity contribution in [3.63, 3.8) is 0 Å². The minimum Gasteiger partial charge on any atom is -0.353 e. The van der Waals surface area contributed by atoms with Crippen molar-refractivity contribution in [1.82, 2.24) is 9.55 Å². The van der Waals surface area contributed by atoms with Gasteiger partial charge in [-0.3, -0.25) is 0 Å². The minimum absolute atomic E-state index is 0.571. The van der Waals surface area contributed by atoms with Gasteiger partial charge in [0.05, 0.1) is 12.2 Å². The predicted octanol–water partition coefficient (Wildman–Crippen LogP) is 4.25. The average molecular weight is 290 g/mol. The summed E-state index contributed by atoms with van der Waals surface area (Å²) in [6.45, 7) is 2.79. The van der Waals surface area contributed by atoms with Crippen LogP contribution in [-0.4, -0.2) is 15.6 Å². The summed E-state index contributed by atoms with van der Waals surface area (Å²) in [6.07, 6.45) is 7.22. The maximum Gasteiger partial charge on any atom is 0.203 e. The summed E-state index contributed by atoms with van der Waals surface area (Å²) in [7, 11) is 0. The molecule has 3 rings (SSSR count). The number of hydrogen-bond donors (Lipinski definition) is 1. The third-order valence-electron chi connectivity index (χ3n) is 3.88. The van der Waals surface area contributed by atoms with Crippen molar-refractivity contribution in [2.24, 2.45) is 0 Å². The molecule has 0 spiro atoms. The van der Waals surface area contributed by atoms with E-state index in [0.29, 0.717) is 6.04 Å². The van der Waals surface area contributed by atoms with Gasteiger partial charge in [-0.1, -0.05) is 42.6 Å². The summed E-state index contributed by atoms with van der Waals surface area (Å²) in [5.74, 6) is 0.967. The third kappa shape index (κ3) is 2.98. The van der Waals surface area contributed by atoms with Crippen LogP contribution in [0.15, 0.2) is 30.5 Å². The fourth-order valence-electron chi connectivity index (χ4n) is 2.85. The second kappa shape index (κ2) is 5.88. The van der Waals surface area contributed by atoms with Crippen molar-refractivity contribution in [3.05, 3.63) is 46.7 Å². The Bertz CT molecular complexity index is 585. The van der Waals surface area contributed by atoms with Gasteiger partial charge in [0.2, 0.25) is 5.95 Å². The first-order valence-electron chi connectivity index (χ1n) is 7.26. The quantitative estimate of drug-likeness (QED) is 0.912. The predicted molar refractivity (Wildman–Crippen MR) is 83.4 cm³/mol. The van der Waals surface area contributed by atoms with Gasteiger partial charge in [0, 0.05) is 17.3 Å². The molecule has 0 aliphatic heterocycles. The molecule has 1 aliphatic rings. The highest BCUT2D eigenvalue weighted by molar-refractivity contribution is 6.31. The maximum absolute atomic E-state index is 6.25. The van der Waals surface area contributed by atoms with Crippen LogP contribution < -0.4 is 5.32 Å². The molecule has 0 unspecified atom stereocenters. The molecule has 0 bridgehead atoms. The normalized spacial score (nSPS) is 15.7. The van der Waals surface area contributed by atoms with E-state index < -0.39 is 0 Å². The topological polar surface area (TPSA) is 29.9 Å². The van der Waals surface area contributed by atoms with E-state index in [0.717, 1.165) is 28.8 Å². The molecule has 0 radical (unpaired) electrons. The molecule has 1 aliphatic carbocycles. The van der Waals surface area contributed by atoms with Crippen molar-refractivity contribution in [2.75, 3.05) is 5.32 Å². The largest absolute Gasteiger partial charge is 0.353 e. The molecule has 2 aromatic rings. The van der Waals surface area contributed by atoms with E-state index in [-0.39, 0.29) is 0 Å². The second-order valence-electron chi connectivity index (χ2n) is 5.55. The average Bonchev–Trinajstić information content (AvgIpc) is 3.03. The molecular weight excluding hydrogens is 270 g/mol. The molecule has 0 saturated heterocycles. The Morgan fingerprint density at radius 3 is 2.80 bits per heavy atom. The van der Waals surface area contributed by atoms with Crippen molar-refractivity contribution in [2.45, 2.75) is 45.2 Å². The zero-order valence-corrected chi connectivity index (χ0v) is 12.5. The number of aromatic nitrogens is 2. The zero-order valence-electron chi connectivity index (χ0n) is 11.8. The molecule has 20 heavy (non-hydrogen) atoms. The lowest BCUT2D eigenvalue weighted by atomic mass is 10.2. The van der Waals surface area contributed by atoms with E-state index in [1.165, 1.54) is 25.7 Å². The Morgan fingerprint density at radius 1 is 1.30 bits per heavy atom. The fourth-order valence-corrected chi connectivity index (χ4v) is 3.04. The number of rotatable bonds is 4. The SMILES string of the molecule is Cc1cn(Cc2ccccc2Cl)c(NC2CCCC2)n1. The van der Waals surface area contributed by atoms with Gasteiger partial charge in [-0.05, 0) is 31.4 Å². The molecule has 1 aromatic carbocycles. The van der Waals surface area contributed by atoms with Crippen molar-refractivity contribution >= 4 is 17.5 Å². The summed E-state index contributed by atoms with van der Waals surface area (Å²) in [5, 5.41) is 4.39. The summed E-state index contributed by atoms with van der Waals surface area (Å²) < 4.78 is 2.16. The number of anilines is 1. The van der Waals surface area contributed by atoms with E-state index in [1.54, 1.807) is 0 Å². The first kappa shape index (κ1) is 13.5. The molecule has 1 heterocycles. The molecule has 4 heteroatoms. The van der Waals surface area contributed by atoms with Gasteiger partial charge < -0.3 is 9.88 Å². The molecule has 3 nitrogen and oxygen atoms in total. The summed E-state index contributed by atoms with van der Waals surface area (Å²) >= 11 is 6.25. The number of nitrogens with one attached hydrogen (secondary N) is 1. The van der Waals surface area contributed by atoms with E-state index >= 15 is 0 Å². The van der Waals surface area contributed by atoms with Crippen LogP contribution in [0.4, 0.5) is 5.95 Å². The highest BCUT2D eigenvalue weighted by atomic mass is 35.5. The monoisotopic (exact) mass is 289 g/mol. The highest BCUT2D eigenvalue weighted by Gasteiger charge is 2.17. The second-order valence-corrected chi connectivity index (χ2v) is 5.96. The van der Waals surface area contributed by atoms with Crippen LogP contribution in [0.2, 0.25) is 5.02 Å². The Labute approximate surface area is 125 Å². The molecule has 1 aromatic heterocycles. The van der Waals surface area contributed by atoms with Gasteiger partial charge in [0.25, 0.3) is 0 Å². The fraction of sp³-hybridized carbons (Fsp3) is 0.438. The summed E-state index contributed by atoms with van der Waals surface area (Å²) in [5.41, 5.74) is 2.17. The van der Waals surface area contributed by atoms with Crippen molar-refractivity contribution < 1.29 is 0 Å². The highest BCUT2D eigenvalue weighted by Crippen LogP contribution is 2.23. The molecule has 1 N–H and O–H groups in total. The van der Waals surface area contributed by atoms with Crippen molar-refractivity contribution in [3.8, 4) is 0 Å². The lowest BCUT2D eigenvalue weighted by molar-refractivity contribution is 0.716. The maximum atomic E-state index is 6.25. The van der Waals surface area contributed by atoms with E-state index in [1.807, 2.05) is 25.1 Å². The van der Waals surface area contributed by atoms with Gasteiger partial charge in [0.1, 0.15) is 0 Å². The number of hydrogen-bond acceptors (Lipinski definition) is 2. The molecule has 0 atom stereocenters. The van der Waals surface area contributed by atoms with Crippen LogP contribution in [0, 0.1) is 6.92 Å². The van der Waals surface area contributed by atoms with E-state index in [2.05, 4.69) is 27.1 Å². The zero-order chi connectivity index (χ0) is 13.9. The number of aryl methyl sites for hydroxylation is 1. The number of benzene rings is 1. The van der Waals surface area contributed by atoms with Crippen LogP contribution in [0.3, 0.4) is 0 Å². The Balaban J connectivity index is 1.80. The van der Waals surface area contributed by atoms with Gasteiger partial charge in [-0.2, -0.15) is 0 Å². The van der Waals surface area contributed by atoms with Gasteiger partial charge in [-0.15, -0.1) is 0 Å².